The second-order valence-corrected chi connectivity index (χ2v) is 12.3. The van der Waals surface area contributed by atoms with E-state index in [0.29, 0.717) is 44.8 Å². The molecule has 1 aromatic carbocycles. The Kier molecular flexibility index (Phi) is 6.69. The fourth-order valence-electron chi connectivity index (χ4n) is 4.07. The zero-order valence-corrected chi connectivity index (χ0v) is 20.6. The molecule has 2 fully saturated rings. The van der Waals surface area contributed by atoms with Crippen molar-refractivity contribution in [3.05, 3.63) is 29.9 Å². The minimum absolute atomic E-state index is 0.0255. The molecule has 2 saturated heterocycles. The molecule has 3 heterocycles. The maximum atomic E-state index is 14.4. The maximum absolute atomic E-state index is 14.4. The van der Waals surface area contributed by atoms with E-state index in [2.05, 4.69) is 15.5 Å². The second-order valence-electron chi connectivity index (χ2n) is 8.05. The summed E-state index contributed by atoms with van der Waals surface area (Å²) < 4.78 is 40.8. The molecular weight excluding hydrogens is 520 g/mol. The van der Waals surface area contributed by atoms with Crippen LogP contribution < -0.4 is 10.2 Å². The van der Waals surface area contributed by atoms with Crippen LogP contribution in [0.15, 0.2) is 27.6 Å². The van der Waals surface area contributed by atoms with Gasteiger partial charge in [0.25, 0.3) is 15.6 Å². The minimum Gasteiger partial charge on any atom is -0.371 e. The van der Waals surface area contributed by atoms with Gasteiger partial charge in [0.2, 0.25) is 5.91 Å². The number of nitrogens with zero attached hydrogens (tertiary/aromatic N) is 4. The number of likely N-dealkylation sites (tertiary alicyclic amines) is 1. The molecule has 1 aromatic heterocycles. The van der Waals surface area contributed by atoms with E-state index in [9.17, 15) is 17.6 Å². The highest BCUT2D eigenvalue weighted by Gasteiger charge is 2.38. The Morgan fingerprint density at radius 1 is 1.18 bits per heavy atom. The number of sulfone groups is 1. The van der Waals surface area contributed by atoms with Gasteiger partial charge in [-0.3, -0.25) is 4.79 Å². The Morgan fingerprint density at radius 3 is 2.45 bits per heavy atom. The van der Waals surface area contributed by atoms with E-state index in [1.54, 1.807) is 4.90 Å². The molecule has 1 atom stereocenters. The van der Waals surface area contributed by atoms with Gasteiger partial charge in [-0.25, -0.2) is 12.8 Å². The van der Waals surface area contributed by atoms with Gasteiger partial charge in [0.05, 0.1) is 10.6 Å². The van der Waals surface area contributed by atoms with E-state index in [1.807, 2.05) is 4.90 Å². The molecule has 2 aliphatic heterocycles. The molecule has 33 heavy (non-hydrogen) atoms. The molecule has 1 unspecified atom stereocenters. The number of piperidine rings is 1. The number of hydrogen-bond donors (Lipinski definition) is 1. The van der Waals surface area contributed by atoms with Gasteiger partial charge >= 0.3 is 0 Å². The Hall–Kier alpha value is -1.82. The highest BCUT2D eigenvalue weighted by molar-refractivity contribution is 7.90. The largest absolute Gasteiger partial charge is 0.371 e. The van der Waals surface area contributed by atoms with Gasteiger partial charge in [-0.2, -0.15) is 4.98 Å². The van der Waals surface area contributed by atoms with Gasteiger partial charge in [0.15, 0.2) is 9.84 Å². The number of aromatic nitrogens is 2. The van der Waals surface area contributed by atoms with Crippen LogP contribution in [-0.4, -0.2) is 67.3 Å². The fourth-order valence-corrected chi connectivity index (χ4v) is 4.93. The summed E-state index contributed by atoms with van der Waals surface area (Å²) >= 11 is 17.3. The number of benzene rings is 1. The maximum Gasteiger partial charge on any atom is 0.280 e. The van der Waals surface area contributed by atoms with Crippen LogP contribution in [0.3, 0.4) is 0 Å². The number of nitrogens with one attached hydrogen (secondary N) is 1. The van der Waals surface area contributed by atoms with Crippen LogP contribution in [0, 0.1) is 5.82 Å². The molecule has 1 amide bonds. The highest BCUT2D eigenvalue weighted by atomic mass is 35.6. The monoisotopic (exact) mass is 539 g/mol. The molecule has 2 aromatic rings. The molecule has 2 aliphatic rings. The van der Waals surface area contributed by atoms with Crippen LogP contribution >= 0.6 is 34.8 Å². The number of hydrogen-bond acceptors (Lipinski definition) is 8. The molecule has 0 aliphatic carbocycles. The van der Waals surface area contributed by atoms with Gasteiger partial charge in [-0.1, -0.05) is 34.8 Å². The quantitative estimate of drug-likeness (QED) is 0.576. The average Bonchev–Trinajstić information content (AvgIpc) is 3.37. The molecule has 1 N–H and O–H groups in total. The highest BCUT2D eigenvalue weighted by Crippen LogP contribution is 2.38. The summed E-state index contributed by atoms with van der Waals surface area (Å²) in [4.78, 5) is 20.7. The van der Waals surface area contributed by atoms with Crippen molar-refractivity contribution in [2.45, 2.75) is 40.0 Å². The summed E-state index contributed by atoms with van der Waals surface area (Å²) in [7, 11) is -3.52. The average molecular weight is 541 g/mol. The normalized spacial score (nSPS) is 20.5. The minimum atomic E-state index is -3.52. The number of carbonyl (C=O) groups is 1. The SMILES string of the molecule is CS(=O)(=O)c1ccc(NC2CCN(C3CCN(c4noc(C(Cl)(Cl)Cl)n4)CC3)C2=O)c(F)c1. The standard InChI is InChI=1S/C19H21Cl3FN5O4S/c1-33(30,31)12-2-3-14(13(23)10-12)24-15-6-9-28(16(15)29)11-4-7-27(8-5-11)18-25-17(32-26-18)19(20,21)22/h2-3,10-11,15,24H,4-9H2,1H3. The molecule has 0 bridgehead atoms. The summed E-state index contributed by atoms with van der Waals surface area (Å²) in [6.07, 6.45) is 2.90. The lowest BCUT2D eigenvalue weighted by Gasteiger charge is -2.36. The molecule has 0 spiro atoms. The fraction of sp³-hybridized carbons (Fsp3) is 0.526. The molecule has 0 radical (unpaired) electrons. The van der Waals surface area contributed by atoms with Crippen molar-refractivity contribution in [1.82, 2.24) is 15.0 Å². The third-order valence-electron chi connectivity index (χ3n) is 5.78. The van der Waals surface area contributed by atoms with Crippen LogP contribution in [0.25, 0.3) is 0 Å². The van der Waals surface area contributed by atoms with E-state index in [1.165, 1.54) is 12.1 Å². The smallest absolute Gasteiger partial charge is 0.280 e. The molecule has 180 valence electrons. The van der Waals surface area contributed by atoms with Gasteiger partial charge in [0.1, 0.15) is 11.9 Å². The van der Waals surface area contributed by atoms with Gasteiger partial charge in [-0.15, -0.1) is 0 Å². The summed E-state index contributed by atoms with van der Waals surface area (Å²) in [5.41, 5.74) is 0.0966. The number of amides is 1. The van der Waals surface area contributed by atoms with Crippen LogP contribution in [0.5, 0.6) is 0 Å². The molecule has 4 rings (SSSR count). The first kappa shape index (κ1) is 24.3. The number of alkyl halides is 3. The Balaban J connectivity index is 1.35. The van der Waals surface area contributed by atoms with Gasteiger partial charge in [-0.05, 0) is 42.6 Å². The third kappa shape index (κ3) is 5.31. The lowest BCUT2D eigenvalue weighted by molar-refractivity contribution is -0.130. The van der Waals surface area contributed by atoms with Crippen molar-refractivity contribution < 1.29 is 22.1 Å². The van der Waals surface area contributed by atoms with E-state index >= 15 is 0 Å². The topological polar surface area (TPSA) is 109 Å². The molecule has 0 saturated carbocycles. The van der Waals surface area contributed by atoms with Gasteiger partial charge in [0, 0.05) is 31.9 Å². The van der Waals surface area contributed by atoms with E-state index in [4.69, 9.17) is 39.3 Å². The first-order valence-electron chi connectivity index (χ1n) is 10.2. The summed E-state index contributed by atoms with van der Waals surface area (Å²) in [6.45, 7) is 1.73. The summed E-state index contributed by atoms with van der Waals surface area (Å²) in [6, 6.07) is 3.07. The van der Waals surface area contributed by atoms with Crippen molar-refractivity contribution >= 4 is 62.2 Å². The number of rotatable bonds is 5. The van der Waals surface area contributed by atoms with E-state index in [-0.39, 0.29) is 28.4 Å². The number of anilines is 2. The van der Waals surface area contributed by atoms with Crippen molar-refractivity contribution in [2.24, 2.45) is 0 Å². The zero-order chi connectivity index (χ0) is 24.0. The Labute approximate surface area is 205 Å². The predicted molar refractivity (Wildman–Crippen MR) is 122 cm³/mol. The van der Waals surface area contributed by atoms with Crippen LogP contribution in [0.4, 0.5) is 16.0 Å². The number of halogens is 4. The van der Waals surface area contributed by atoms with Crippen LogP contribution in [0.1, 0.15) is 25.2 Å². The first-order chi connectivity index (χ1) is 15.4. The Bertz CT molecular complexity index is 1150. The first-order valence-corrected chi connectivity index (χ1v) is 13.2. The zero-order valence-electron chi connectivity index (χ0n) is 17.5. The molecule has 9 nitrogen and oxygen atoms in total. The van der Waals surface area contributed by atoms with Crippen molar-refractivity contribution in [3.63, 3.8) is 0 Å². The van der Waals surface area contributed by atoms with Crippen molar-refractivity contribution in [2.75, 3.05) is 36.1 Å². The lowest BCUT2D eigenvalue weighted by Crippen LogP contribution is -2.47. The predicted octanol–water partition coefficient (Wildman–Crippen LogP) is 3.12. The van der Waals surface area contributed by atoms with Crippen molar-refractivity contribution in [1.29, 1.82) is 0 Å². The summed E-state index contributed by atoms with van der Waals surface area (Å²) in [5.74, 6) is -0.606. The molecular formula is C19H21Cl3FN5O4S. The van der Waals surface area contributed by atoms with Crippen LogP contribution in [-0.2, 0) is 18.4 Å². The summed E-state index contributed by atoms with van der Waals surface area (Å²) in [5, 5.41) is 6.77. The van der Waals surface area contributed by atoms with E-state index in [0.717, 1.165) is 12.3 Å². The third-order valence-corrected chi connectivity index (χ3v) is 7.38. The second kappa shape index (κ2) is 9.09. The van der Waals surface area contributed by atoms with Crippen LogP contribution in [0.2, 0.25) is 0 Å². The van der Waals surface area contributed by atoms with Crippen molar-refractivity contribution in [3.8, 4) is 0 Å². The number of carbonyl (C=O) groups excluding carboxylic acids is 1. The Morgan fingerprint density at radius 2 is 1.88 bits per heavy atom. The van der Waals surface area contributed by atoms with Gasteiger partial charge < -0.3 is 19.6 Å². The lowest BCUT2D eigenvalue weighted by atomic mass is 10.0. The van der Waals surface area contributed by atoms with E-state index < -0.39 is 25.5 Å². The molecule has 14 heteroatoms.